The van der Waals surface area contributed by atoms with Crippen LogP contribution in [0.25, 0.3) is 22.3 Å². The number of fused-ring (bicyclic) bond motifs is 1. The topological polar surface area (TPSA) is 112 Å². The van der Waals surface area contributed by atoms with Crippen molar-refractivity contribution >= 4 is 16.9 Å². The van der Waals surface area contributed by atoms with Crippen LogP contribution < -0.4 is 10.6 Å². The van der Waals surface area contributed by atoms with Crippen LogP contribution in [0.4, 0.5) is 0 Å². The molecule has 4 rings (SSSR count). The van der Waals surface area contributed by atoms with Crippen molar-refractivity contribution in [2.45, 2.75) is 25.5 Å². The Morgan fingerprint density at radius 3 is 2.82 bits per heavy atom. The van der Waals surface area contributed by atoms with Gasteiger partial charge in [-0.1, -0.05) is 6.92 Å². The Hall–Kier alpha value is -2.97. The monoisotopic (exact) mass is 381 g/mol. The van der Waals surface area contributed by atoms with Crippen LogP contribution in [-0.2, 0) is 11.2 Å². The van der Waals surface area contributed by atoms with Crippen LogP contribution in [0.1, 0.15) is 23.0 Å². The van der Waals surface area contributed by atoms with Crippen LogP contribution in [0.15, 0.2) is 30.3 Å². The number of nitrogens with one attached hydrogen (secondary N) is 3. The second kappa shape index (κ2) is 7.57. The number of ether oxygens (including phenoxy) is 1. The molecule has 8 heteroatoms. The molecule has 1 saturated heterocycles. The Morgan fingerprint density at radius 1 is 1.32 bits per heavy atom. The minimum absolute atomic E-state index is 0.0622. The van der Waals surface area contributed by atoms with Gasteiger partial charge in [-0.15, -0.1) is 0 Å². The van der Waals surface area contributed by atoms with E-state index in [1.54, 1.807) is 37.4 Å². The number of aromatic nitrogens is 3. The highest BCUT2D eigenvalue weighted by molar-refractivity contribution is 6.07. The number of phenols is 1. The van der Waals surface area contributed by atoms with Gasteiger partial charge in [-0.2, -0.15) is 5.10 Å². The first-order valence-electron chi connectivity index (χ1n) is 9.32. The van der Waals surface area contributed by atoms with Crippen molar-refractivity contribution in [2.75, 3.05) is 20.2 Å². The lowest BCUT2D eigenvalue weighted by Gasteiger charge is -2.19. The zero-order valence-electron chi connectivity index (χ0n) is 15.8. The largest absolute Gasteiger partial charge is 0.508 e. The summed E-state index contributed by atoms with van der Waals surface area (Å²) in [4.78, 5) is 17.8. The number of H-pyrrole nitrogens is 1. The van der Waals surface area contributed by atoms with Gasteiger partial charge in [0.05, 0.1) is 28.8 Å². The number of aryl methyl sites for hydroxylation is 1. The van der Waals surface area contributed by atoms with E-state index >= 15 is 0 Å². The van der Waals surface area contributed by atoms with E-state index in [-0.39, 0.29) is 23.8 Å². The fourth-order valence-electron chi connectivity index (χ4n) is 3.59. The third kappa shape index (κ3) is 3.32. The summed E-state index contributed by atoms with van der Waals surface area (Å²) in [5.41, 5.74) is 3.32. The number of carbonyl (C=O) groups is 1. The molecule has 1 fully saturated rings. The molecule has 3 heterocycles. The summed E-state index contributed by atoms with van der Waals surface area (Å²) in [6.45, 7) is 3.37. The van der Waals surface area contributed by atoms with Crippen LogP contribution >= 0.6 is 0 Å². The molecule has 0 saturated carbocycles. The standard InChI is InChI=1S/C20H23N5O3/c1-3-14-18-13(20(27)23-16-9-21-10-17(16)28-2)8-15(22-19(18)25-24-14)11-4-6-12(26)7-5-11/h4-8,16-17,21,26H,3,9-10H2,1-2H3,(H,23,27)(H,22,24,25)/t16-,17-/m0/s1. The SMILES string of the molecule is CCc1[nH]nc2nc(-c3ccc(O)cc3)cc(C(=O)N[C@H]3CNC[C@@H]3OC)c12. The van der Waals surface area contributed by atoms with Gasteiger partial charge in [0.15, 0.2) is 5.65 Å². The van der Waals surface area contributed by atoms with E-state index in [1.165, 1.54) is 0 Å². The lowest BCUT2D eigenvalue weighted by molar-refractivity contribution is 0.0781. The maximum atomic E-state index is 13.2. The van der Waals surface area contributed by atoms with E-state index in [9.17, 15) is 9.90 Å². The molecule has 1 aromatic carbocycles. The average Bonchev–Trinajstić information content (AvgIpc) is 3.33. The number of amides is 1. The molecular formula is C20H23N5O3. The lowest BCUT2D eigenvalue weighted by Crippen LogP contribution is -2.43. The molecule has 0 spiro atoms. The predicted molar refractivity (Wildman–Crippen MR) is 105 cm³/mol. The molecule has 3 aromatic rings. The highest BCUT2D eigenvalue weighted by atomic mass is 16.5. The second-order valence-corrected chi connectivity index (χ2v) is 6.87. The molecule has 8 nitrogen and oxygen atoms in total. The quantitative estimate of drug-likeness (QED) is 0.534. The first-order valence-corrected chi connectivity index (χ1v) is 9.32. The maximum absolute atomic E-state index is 13.2. The van der Waals surface area contributed by atoms with Crippen LogP contribution in [0.2, 0.25) is 0 Å². The third-order valence-electron chi connectivity index (χ3n) is 5.14. The number of aromatic hydroxyl groups is 1. The van der Waals surface area contributed by atoms with E-state index in [4.69, 9.17) is 4.74 Å². The van der Waals surface area contributed by atoms with Crippen molar-refractivity contribution in [1.29, 1.82) is 0 Å². The number of hydrogen-bond acceptors (Lipinski definition) is 6. The van der Waals surface area contributed by atoms with Gasteiger partial charge in [-0.3, -0.25) is 9.89 Å². The van der Waals surface area contributed by atoms with Crippen molar-refractivity contribution in [3.05, 3.63) is 41.6 Å². The summed E-state index contributed by atoms with van der Waals surface area (Å²) >= 11 is 0. The van der Waals surface area contributed by atoms with E-state index in [0.29, 0.717) is 36.4 Å². The van der Waals surface area contributed by atoms with E-state index < -0.39 is 0 Å². The Morgan fingerprint density at radius 2 is 2.11 bits per heavy atom. The number of methoxy groups -OCH3 is 1. The molecule has 0 aliphatic carbocycles. The molecule has 0 unspecified atom stereocenters. The zero-order valence-corrected chi connectivity index (χ0v) is 15.8. The van der Waals surface area contributed by atoms with Crippen LogP contribution in [-0.4, -0.2) is 58.5 Å². The van der Waals surface area contributed by atoms with E-state index in [0.717, 1.165) is 16.6 Å². The molecule has 1 amide bonds. The number of hydrogen-bond donors (Lipinski definition) is 4. The minimum Gasteiger partial charge on any atom is -0.508 e. The summed E-state index contributed by atoms with van der Waals surface area (Å²) in [6, 6.07) is 8.39. The first-order chi connectivity index (χ1) is 13.6. The molecular weight excluding hydrogens is 358 g/mol. The number of benzene rings is 1. The third-order valence-corrected chi connectivity index (χ3v) is 5.14. The first kappa shape index (κ1) is 18.4. The number of rotatable bonds is 5. The van der Waals surface area contributed by atoms with Crippen molar-refractivity contribution in [1.82, 2.24) is 25.8 Å². The number of carbonyl (C=O) groups excluding carboxylic acids is 1. The van der Waals surface area contributed by atoms with Gasteiger partial charge < -0.3 is 20.5 Å². The molecule has 28 heavy (non-hydrogen) atoms. The van der Waals surface area contributed by atoms with Crippen molar-refractivity contribution in [2.24, 2.45) is 0 Å². The van der Waals surface area contributed by atoms with Gasteiger partial charge in [0, 0.05) is 31.5 Å². The molecule has 1 aliphatic rings. The molecule has 0 radical (unpaired) electrons. The molecule has 2 atom stereocenters. The van der Waals surface area contributed by atoms with Crippen molar-refractivity contribution in [3.63, 3.8) is 0 Å². The molecule has 0 bridgehead atoms. The Bertz CT molecular complexity index is 999. The average molecular weight is 381 g/mol. The lowest BCUT2D eigenvalue weighted by atomic mass is 10.0. The van der Waals surface area contributed by atoms with Gasteiger partial charge in [-0.05, 0) is 36.8 Å². The number of pyridine rings is 1. The number of phenolic OH excluding ortho intramolecular Hbond substituents is 1. The predicted octanol–water partition coefficient (Wildman–Crippen LogP) is 1.61. The fraction of sp³-hybridized carbons (Fsp3) is 0.350. The zero-order chi connectivity index (χ0) is 19.7. The molecule has 4 N–H and O–H groups in total. The summed E-state index contributed by atoms with van der Waals surface area (Å²) in [5.74, 6) is -0.00514. The normalized spacial score (nSPS) is 19.2. The van der Waals surface area contributed by atoms with Crippen molar-refractivity contribution in [3.8, 4) is 17.0 Å². The van der Waals surface area contributed by atoms with Gasteiger partial charge in [0.1, 0.15) is 5.75 Å². The van der Waals surface area contributed by atoms with Crippen molar-refractivity contribution < 1.29 is 14.6 Å². The van der Waals surface area contributed by atoms with E-state index in [1.807, 2.05) is 6.92 Å². The highest BCUT2D eigenvalue weighted by Gasteiger charge is 2.29. The van der Waals surface area contributed by atoms with Gasteiger partial charge in [0.25, 0.3) is 5.91 Å². The van der Waals surface area contributed by atoms with Gasteiger partial charge in [0.2, 0.25) is 0 Å². The van der Waals surface area contributed by atoms with Crippen LogP contribution in [0.5, 0.6) is 5.75 Å². The Kier molecular flexibility index (Phi) is 4.97. The van der Waals surface area contributed by atoms with Gasteiger partial charge >= 0.3 is 0 Å². The van der Waals surface area contributed by atoms with E-state index in [2.05, 4.69) is 25.8 Å². The Balaban J connectivity index is 1.77. The van der Waals surface area contributed by atoms with Crippen LogP contribution in [0, 0.1) is 0 Å². The number of aromatic amines is 1. The second-order valence-electron chi connectivity index (χ2n) is 6.87. The summed E-state index contributed by atoms with van der Waals surface area (Å²) < 4.78 is 5.45. The Labute approximate surface area is 162 Å². The highest BCUT2D eigenvalue weighted by Crippen LogP contribution is 2.27. The molecule has 1 aliphatic heterocycles. The van der Waals surface area contributed by atoms with Crippen LogP contribution in [0.3, 0.4) is 0 Å². The maximum Gasteiger partial charge on any atom is 0.252 e. The van der Waals surface area contributed by atoms with Gasteiger partial charge in [-0.25, -0.2) is 4.98 Å². The summed E-state index contributed by atoms with van der Waals surface area (Å²) in [7, 11) is 1.65. The molecule has 2 aromatic heterocycles. The minimum atomic E-state index is -0.181. The smallest absolute Gasteiger partial charge is 0.252 e. The number of nitrogens with zero attached hydrogens (tertiary/aromatic N) is 2. The fourth-order valence-corrected chi connectivity index (χ4v) is 3.59. The molecule has 146 valence electrons. The summed E-state index contributed by atoms with van der Waals surface area (Å²) in [5, 5.41) is 23.9. The summed E-state index contributed by atoms with van der Waals surface area (Å²) in [6.07, 6.45) is 0.649.